The Hall–Kier alpha value is -1.91. The monoisotopic (exact) mass is 262 g/mol. The van der Waals surface area contributed by atoms with Crippen molar-refractivity contribution >= 4 is 5.97 Å². The van der Waals surface area contributed by atoms with Gasteiger partial charge in [-0.2, -0.15) is 5.10 Å². The fourth-order valence-corrected chi connectivity index (χ4v) is 2.11. The van der Waals surface area contributed by atoms with Crippen molar-refractivity contribution in [3.63, 3.8) is 0 Å². The van der Waals surface area contributed by atoms with Crippen LogP contribution in [-0.2, 0) is 11.8 Å². The van der Waals surface area contributed by atoms with E-state index in [-0.39, 0.29) is 11.3 Å². The Morgan fingerprint density at radius 1 is 1.42 bits per heavy atom. The van der Waals surface area contributed by atoms with Gasteiger partial charge in [0, 0.05) is 13.1 Å². The summed E-state index contributed by atoms with van der Waals surface area (Å²) in [5, 5.41) is 3.87. The van der Waals surface area contributed by atoms with Gasteiger partial charge in [-0.05, 0) is 30.7 Å². The minimum atomic E-state index is -0.475. The fourth-order valence-electron chi connectivity index (χ4n) is 2.11. The van der Waals surface area contributed by atoms with Gasteiger partial charge in [-0.1, -0.05) is 19.1 Å². The van der Waals surface area contributed by atoms with Crippen molar-refractivity contribution in [2.24, 2.45) is 18.9 Å². The third-order valence-electron chi connectivity index (χ3n) is 3.52. The molecule has 102 valence electrons. The number of carbonyl (C=O) groups is 1. The number of hydrogen-bond donors (Lipinski definition) is 0. The summed E-state index contributed by atoms with van der Waals surface area (Å²) < 4.78 is 6.41. The quantitative estimate of drug-likeness (QED) is 0.612. The van der Waals surface area contributed by atoms with Gasteiger partial charge in [-0.15, -0.1) is 0 Å². The molecule has 5 nitrogen and oxygen atoms in total. The molecule has 0 fully saturated rings. The maximum atomic E-state index is 11.8. The molecule has 1 aliphatic carbocycles. The highest BCUT2D eigenvalue weighted by Gasteiger charge is 2.20. The molecule has 19 heavy (non-hydrogen) atoms. The van der Waals surface area contributed by atoms with Gasteiger partial charge in [-0.3, -0.25) is 4.79 Å². The summed E-state index contributed by atoms with van der Waals surface area (Å²) in [5.41, 5.74) is -0.0799. The molecule has 0 amide bonds. The Balaban J connectivity index is 1.95. The zero-order chi connectivity index (χ0) is 13.8. The fraction of sp³-hybridized carbons (Fsp3) is 0.500. The zero-order valence-corrected chi connectivity index (χ0v) is 11.2. The second-order valence-corrected chi connectivity index (χ2v) is 4.96. The molecular formula is C14H18N2O3. The molecule has 1 heterocycles. The first-order chi connectivity index (χ1) is 9.08. The van der Waals surface area contributed by atoms with Crippen LogP contribution in [0.5, 0.6) is 0 Å². The molecule has 5 heteroatoms. The lowest BCUT2D eigenvalue weighted by Crippen LogP contribution is -2.24. The van der Waals surface area contributed by atoms with Crippen molar-refractivity contribution in [1.29, 1.82) is 0 Å². The lowest BCUT2D eigenvalue weighted by Gasteiger charge is -2.24. The highest BCUT2D eigenvalue weighted by atomic mass is 16.5. The van der Waals surface area contributed by atoms with Crippen LogP contribution in [0.3, 0.4) is 0 Å². The molecule has 0 bridgehead atoms. The molecule has 0 spiro atoms. The summed E-state index contributed by atoms with van der Waals surface area (Å²) in [4.78, 5) is 23.0. The highest BCUT2D eigenvalue weighted by molar-refractivity contribution is 5.86. The van der Waals surface area contributed by atoms with Gasteiger partial charge in [0.15, 0.2) is 5.69 Å². The molecule has 1 aliphatic rings. The van der Waals surface area contributed by atoms with E-state index in [0.29, 0.717) is 18.4 Å². The van der Waals surface area contributed by atoms with Crippen molar-refractivity contribution in [2.75, 3.05) is 6.61 Å². The predicted octanol–water partition coefficient (Wildman–Crippen LogP) is 1.54. The Morgan fingerprint density at radius 2 is 2.16 bits per heavy atom. The Kier molecular flexibility index (Phi) is 4.14. The Morgan fingerprint density at radius 3 is 2.84 bits per heavy atom. The van der Waals surface area contributed by atoms with Crippen LogP contribution < -0.4 is 5.56 Å². The van der Waals surface area contributed by atoms with E-state index < -0.39 is 5.97 Å². The predicted molar refractivity (Wildman–Crippen MR) is 70.8 cm³/mol. The summed E-state index contributed by atoms with van der Waals surface area (Å²) in [5.74, 6) is 0.407. The number of aryl methyl sites for hydroxylation is 1. The van der Waals surface area contributed by atoms with Crippen LogP contribution in [0.25, 0.3) is 0 Å². The summed E-state index contributed by atoms with van der Waals surface area (Å²) in [6.45, 7) is 2.56. The van der Waals surface area contributed by atoms with E-state index in [1.54, 1.807) is 0 Å². The van der Waals surface area contributed by atoms with Gasteiger partial charge in [0.25, 0.3) is 5.56 Å². The van der Waals surface area contributed by atoms with Gasteiger partial charge in [0.1, 0.15) is 0 Å². The number of hydrogen-bond acceptors (Lipinski definition) is 4. The molecule has 0 unspecified atom stereocenters. The van der Waals surface area contributed by atoms with Crippen molar-refractivity contribution in [3.05, 3.63) is 40.3 Å². The maximum Gasteiger partial charge on any atom is 0.358 e. The van der Waals surface area contributed by atoms with Gasteiger partial charge in [-0.25, -0.2) is 9.48 Å². The number of esters is 1. The van der Waals surface area contributed by atoms with Gasteiger partial charge in [0.2, 0.25) is 0 Å². The molecule has 0 radical (unpaired) electrons. The van der Waals surface area contributed by atoms with E-state index >= 15 is 0 Å². The average Bonchev–Trinajstić information content (AvgIpc) is 2.40. The third kappa shape index (κ3) is 3.30. The van der Waals surface area contributed by atoms with Gasteiger partial charge >= 0.3 is 5.97 Å². The second kappa shape index (κ2) is 5.82. The number of rotatable bonds is 3. The Bertz CT molecular complexity index is 548. The molecule has 0 aliphatic heterocycles. The summed E-state index contributed by atoms with van der Waals surface area (Å²) >= 11 is 0. The largest absolute Gasteiger partial charge is 0.461 e. The number of ether oxygens (including phenoxy) is 1. The summed E-state index contributed by atoms with van der Waals surface area (Å²) in [6, 6.07) is 2.71. The van der Waals surface area contributed by atoms with Crippen molar-refractivity contribution in [3.8, 4) is 0 Å². The number of nitrogens with zero attached hydrogens (tertiary/aromatic N) is 2. The minimum absolute atomic E-state index is 0.168. The highest BCUT2D eigenvalue weighted by Crippen LogP contribution is 2.25. The molecule has 1 aromatic heterocycles. The van der Waals surface area contributed by atoms with E-state index in [0.717, 1.165) is 17.5 Å². The normalized spacial score (nSPS) is 22.2. The molecule has 1 aromatic rings. The van der Waals surface area contributed by atoms with Crippen LogP contribution in [0.15, 0.2) is 29.1 Å². The molecule has 2 atom stereocenters. The smallest absolute Gasteiger partial charge is 0.358 e. The molecular weight excluding hydrogens is 244 g/mol. The van der Waals surface area contributed by atoms with Crippen LogP contribution in [0.4, 0.5) is 0 Å². The SMILES string of the molecule is C[C@@H]1CC=CC[C@@H]1COC(=O)c1ccc(=O)n(C)n1. The third-order valence-corrected chi connectivity index (χ3v) is 3.52. The van der Waals surface area contributed by atoms with Crippen LogP contribution in [0.2, 0.25) is 0 Å². The lowest BCUT2D eigenvalue weighted by atomic mass is 9.85. The van der Waals surface area contributed by atoms with E-state index in [2.05, 4.69) is 24.2 Å². The summed E-state index contributed by atoms with van der Waals surface area (Å²) in [7, 11) is 1.51. The lowest BCUT2D eigenvalue weighted by molar-refractivity contribution is 0.0386. The first-order valence-electron chi connectivity index (χ1n) is 6.44. The van der Waals surface area contributed by atoms with Crippen molar-refractivity contribution in [2.45, 2.75) is 19.8 Å². The number of aromatic nitrogens is 2. The van der Waals surface area contributed by atoms with Gasteiger partial charge in [0.05, 0.1) is 6.61 Å². The average molecular weight is 262 g/mol. The molecule has 0 saturated heterocycles. The van der Waals surface area contributed by atoms with E-state index in [4.69, 9.17) is 4.74 Å². The minimum Gasteiger partial charge on any atom is -0.461 e. The van der Waals surface area contributed by atoms with Crippen LogP contribution in [-0.4, -0.2) is 22.4 Å². The summed E-state index contributed by atoms with van der Waals surface area (Å²) in [6.07, 6.45) is 6.26. The maximum absolute atomic E-state index is 11.8. The zero-order valence-electron chi connectivity index (χ0n) is 11.2. The standard InChI is InChI=1S/C14H18N2O3/c1-10-5-3-4-6-11(10)9-19-14(18)12-7-8-13(17)16(2)15-12/h3-4,7-8,10-11H,5-6,9H2,1-2H3/t10-,11-/m1/s1. The van der Waals surface area contributed by atoms with Crippen LogP contribution in [0.1, 0.15) is 30.3 Å². The number of allylic oxidation sites excluding steroid dienone is 2. The topological polar surface area (TPSA) is 61.2 Å². The first-order valence-corrected chi connectivity index (χ1v) is 6.44. The molecule has 2 rings (SSSR count). The van der Waals surface area contributed by atoms with Crippen molar-refractivity contribution < 1.29 is 9.53 Å². The number of carbonyl (C=O) groups excluding carboxylic acids is 1. The van der Waals surface area contributed by atoms with Gasteiger partial charge < -0.3 is 4.74 Å². The van der Waals surface area contributed by atoms with E-state index in [1.807, 2.05) is 0 Å². The first kappa shape index (κ1) is 13.5. The molecule has 0 N–H and O–H groups in total. The molecule has 0 aromatic carbocycles. The van der Waals surface area contributed by atoms with E-state index in [9.17, 15) is 9.59 Å². The van der Waals surface area contributed by atoms with Crippen LogP contribution >= 0.6 is 0 Å². The van der Waals surface area contributed by atoms with E-state index in [1.165, 1.54) is 19.2 Å². The molecule has 0 saturated carbocycles. The Labute approximate surface area is 111 Å². The second-order valence-electron chi connectivity index (χ2n) is 4.96. The van der Waals surface area contributed by atoms with Crippen LogP contribution in [0, 0.1) is 11.8 Å². The van der Waals surface area contributed by atoms with Crippen molar-refractivity contribution in [1.82, 2.24) is 9.78 Å².